The number of nitrogens with one attached hydrogen (secondary N) is 4. The van der Waals surface area contributed by atoms with E-state index in [0.29, 0.717) is 33.8 Å². The van der Waals surface area contributed by atoms with Gasteiger partial charge in [-0.2, -0.15) is 30.7 Å². The van der Waals surface area contributed by atoms with E-state index in [4.69, 9.17) is 51.1 Å². The molecule has 6 rings (SSSR count). The molecular weight excluding hydrogens is 1300 g/mol. The van der Waals surface area contributed by atoms with Gasteiger partial charge in [0.05, 0.1) is 90.2 Å². The molecule has 0 aliphatic heterocycles. The summed E-state index contributed by atoms with van der Waals surface area (Å²) >= 11 is 0. The number of carbonyl (C=O) groups excluding carboxylic acids is 4. The molecule has 0 saturated heterocycles. The molecule has 0 heterocycles. The van der Waals surface area contributed by atoms with Crippen LogP contribution in [0.1, 0.15) is 73.4 Å². The van der Waals surface area contributed by atoms with Crippen LogP contribution in [0.2, 0.25) is 0 Å². The summed E-state index contributed by atoms with van der Waals surface area (Å²) in [6.07, 6.45) is -3.74. The zero-order valence-electron chi connectivity index (χ0n) is 50.1. The summed E-state index contributed by atoms with van der Waals surface area (Å²) in [5.41, 5.74) is 2.22. The van der Waals surface area contributed by atoms with Gasteiger partial charge in [-0.3, -0.25) is 43.2 Å². The van der Waals surface area contributed by atoms with Crippen LogP contribution >= 0.6 is 0 Å². The van der Waals surface area contributed by atoms with E-state index in [0.717, 1.165) is 30.3 Å². The number of phenolic OH excluding ortho intramolecular Hbond substituents is 2. The molecule has 0 saturated carbocycles. The molecule has 0 aliphatic rings. The maximum atomic E-state index is 12.4. The number of carboxylic acids is 10. The predicted octanol–water partition coefficient (Wildman–Crippen LogP) is 5.24. The molecule has 0 aromatic heterocycles. The van der Waals surface area contributed by atoms with Crippen molar-refractivity contribution in [2.45, 2.75) is 69.1 Å². The van der Waals surface area contributed by atoms with Gasteiger partial charge in [0.15, 0.2) is 0 Å². The molecular formula is C61H56N10O27. The number of aromatic carboxylic acids is 1. The van der Waals surface area contributed by atoms with E-state index in [1.807, 2.05) is 10.6 Å². The average Bonchev–Trinajstić information content (AvgIpc) is 0.913. The number of aliphatic carboxylic acids is 9. The van der Waals surface area contributed by atoms with Gasteiger partial charge in [-0.1, -0.05) is 36.4 Å². The van der Waals surface area contributed by atoms with Gasteiger partial charge < -0.3 is 87.7 Å². The van der Waals surface area contributed by atoms with Crippen molar-refractivity contribution >= 4 is 117 Å². The van der Waals surface area contributed by atoms with Crippen LogP contribution in [0.25, 0.3) is 0 Å². The number of aromatic hydroxyl groups is 3. The Hall–Kier alpha value is -13.9. The lowest BCUT2D eigenvalue weighted by atomic mass is 10.1. The van der Waals surface area contributed by atoms with Gasteiger partial charge in [0, 0.05) is 0 Å². The quantitative estimate of drug-likeness (QED) is 0.0247. The zero-order valence-corrected chi connectivity index (χ0v) is 50.1. The van der Waals surface area contributed by atoms with Crippen LogP contribution in [-0.4, -0.2) is 174 Å². The Bertz CT molecular complexity index is 4100. The first kappa shape index (κ1) is 76.6. The minimum Gasteiger partial charge on any atom is -0.507 e. The molecule has 512 valence electrons. The molecule has 4 unspecified atom stereocenters. The highest BCUT2D eigenvalue weighted by molar-refractivity contribution is 6.01. The number of carbonyl (C=O) groups is 14. The number of azo groups is 3. The van der Waals surface area contributed by atoms with Crippen LogP contribution in [0.4, 0.5) is 34.1 Å². The maximum absolute atomic E-state index is 12.4. The molecule has 4 amide bonds. The Morgan fingerprint density at radius 3 is 0.776 bits per heavy atom. The second-order valence-corrected chi connectivity index (χ2v) is 20.0. The highest BCUT2D eigenvalue weighted by Crippen LogP contribution is 2.29. The maximum Gasteiger partial charge on any atom is 0.339 e. The molecule has 0 aliphatic carbocycles. The van der Waals surface area contributed by atoms with Gasteiger partial charge >= 0.3 is 59.7 Å². The van der Waals surface area contributed by atoms with E-state index in [9.17, 15) is 82.4 Å². The van der Waals surface area contributed by atoms with Crippen LogP contribution < -0.4 is 21.3 Å². The lowest BCUT2D eigenvalue weighted by Gasteiger charge is -2.13. The van der Waals surface area contributed by atoms with E-state index in [2.05, 4.69) is 41.3 Å². The zero-order chi connectivity index (χ0) is 72.9. The predicted molar refractivity (Wildman–Crippen MR) is 328 cm³/mol. The fourth-order valence-corrected chi connectivity index (χ4v) is 7.69. The first-order valence-electron chi connectivity index (χ1n) is 27.6. The monoisotopic (exact) mass is 1360 g/mol. The first-order chi connectivity index (χ1) is 46.2. The molecule has 37 heteroatoms. The normalized spacial score (nSPS) is 12.0. The SMILES string of the molecule is O=C(O)CC(NC(=O)Cc1ccc(N=Nc2ccc(O)c(C(=O)NC(CC(=O)O)C(=O)O)c2)cc1)C(=O)O.O=C(O)CC(NC(=O)Cc1ccc(N=Nc2ccc(O)c(C(=O)O)c2)cc1)C(=O)O.O=C(O)Cc1ccc(N=Nc2ccc(O)c(C(=O)NC(CC(=O)O)C(=O)O)c2)cc1. The number of benzene rings is 6. The third-order valence-corrected chi connectivity index (χ3v) is 12.4. The van der Waals surface area contributed by atoms with Crippen LogP contribution in [-0.2, 0) is 72.0 Å². The third kappa shape index (κ3) is 26.7. The summed E-state index contributed by atoms with van der Waals surface area (Å²) in [6, 6.07) is 22.9. The van der Waals surface area contributed by atoms with E-state index < -0.39 is 150 Å². The number of hydrogen-bond donors (Lipinski definition) is 17. The van der Waals surface area contributed by atoms with Crippen LogP contribution in [0.3, 0.4) is 0 Å². The molecule has 17 N–H and O–H groups in total. The Kier molecular flexibility index (Phi) is 28.9. The largest absolute Gasteiger partial charge is 0.507 e. The van der Waals surface area contributed by atoms with Crippen molar-refractivity contribution in [3.8, 4) is 17.2 Å². The van der Waals surface area contributed by atoms with Crippen molar-refractivity contribution in [2.24, 2.45) is 30.7 Å². The molecule has 0 spiro atoms. The molecule has 4 atom stereocenters. The number of phenols is 3. The molecule has 0 radical (unpaired) electrons. The van der Waals surface area contributed by atoms with Gasteiger partial charge in [-0.25, -0.2) is 24.0 Å². The standard InChI is InChI=1S/C23H22N4O11.2C19H17N3O8/c28-17-6-5-13(8-14(17)21(34)25-16(23(37)38)10-20(32)33)27-26-12-3-1-11(2-4-12)7-18(29)24-15(22(35)36)9-19(30)31;23-15-6-5-12(22-21-11-3-1-10(2-4-11)7-16(24)25)8-13(15)18(28)20-14(19(29)30)9-17(26)27;23-15-6-5-12(8-13(15)18(27)28)22-21-11-3-1-10(2-4-11)7-16(24)20-14(19(29)30)9-17(25)26/h1-6,8,15-16,28H,7,9-10H2,(H,24,29)(H,25,34)(H,30,31)(H,32,33)(H,35,36)(H,37,38);1-6,8,14,23H,7,9H2,(H,20,28)(H,24,25)(H,26,27)(H,29,30);1-6,8,14,23H,7,9H2,(H,20,24)(H,25,26)(H,27,28)(H,29,30). The molecule has 0 fully saturated rings. The van der Waals surface area contributed by atoms with E-state index >= 15 is 0 Å². The fourth-order valence-electron chi connectivity index (χ4n) is 7.69. The molecule has 6 aromatic rings. The lowest BCUT2D eigenvalue weighted by Crippen LogP contribution is -2.42. The van der Waals surface area contributed by atoms with Crippen molar-refractivity contribution in [1.29, 1.82) is 0 Å². The fraction of sp³-hybridized carbons (Fsp3) is 0.180. The Balaban J connectivity index is 0.000000315. The molecule has 37 nitrogen and oxygen atoms in total. The third-order valence-electron chi connectivity index (χ3n) is 12.4. The number of amides is 4. The van der Waals surface area contributed by atoms with Crippen molar-refractivity contribution < 1.29 is 134 Å². The molecule has 98 heavy (non-hydrogen) atoms. The average molecular weight is 1360 g/mol. The summed E-state index contributed by atoms with van der Waals surface area (Å²) in [5, 5.41) is 150. The highest BCUT2D eigenvalue weighted by atomic mass is 16.4. The summed E-state index contributed by atoms with van der Waals surface area (Å²) < 4.78 is 0. The Morgan fingerprint density at radius 1 is 0.286 bits per heavy atom. The van der Waals surface area contributed by atoms with Crippen LogP contribution in [0.5, 0.6) is 17.2 Å². The summed E-state index contributed by atoms with van der Waals surface area (Å²) in [7, 11) is 0. The number of hydrogen-bond acceptors (Lipinski definition) is 23. The van der Waals surface area contributed by atoms with Crippen molar-refractivity contribution in [1.82, 2.24) is 21.3 Å². The summed E-state index contributed by atoms with van der Waals surface area (Å²) in [5.74, 6) is -18.6. The van der Waals surface area contributed by atoms with Crippen molar-refractivity contribution in [3.05, 3.63) is 161 Å². The van der Waals surface area contributed by atoms with Gasteiger partial charge in [0.2, 0.25) is 11.8 Å². The van der Waals surface area contributed by atoms with Crippen molar-refractivity contribution in [2.75, 3.05) is 0 Å². The minimum atomic E-state index is -1.72. The van der Waals surface area contributed by atoms with Crippen molar-refractivity contribution in [3.63, 3.8) is 0 Å². The number of rotatable bonds is 31. The minimum absolute atomic E-state index is 0.0969. The number of carboxylic acid groups (broad SMARTS) is 10. The molecule has 6 aromatic carbocycles. The smallest absolute Gasteiger partial charge is 0.339 e. The topological polar surface area (TPSA) is 624 Å². The highest BCUT2D eigenvalue weighted by Gasteiger charge is 2.28. The van der Waals surface area contributed by atoms with Gasteiger partial charge in [-0.05, 0) is 108 Å². The first-order valence-corrected chi connectivity index (χ1v) is 27.6. The van der Waals surface area contributed by atoms with Crippen LogP contribution in [0.15, 0.2) is 158 Å². The summed E-state index contributed by atoms with van der Waals surface area (Å²) in [4.78, 5) is 158. The molecule has 0 bridgehead atoms. The summed E-state index contributed by atoms with van der Waals surface area (Å²) in [6.45, 7) is 0. The van der Waals surface area contributed by atoms with E-state index in [1.165, 1.54) is 60.7 Å². The Labute approximate surface area is 548 Å². The van der Waals surface area contributed by atoms with Gasteiger partial charge in [0.1, 0.15) is 47.0 Å². The second kappa shape index (κ2) is 37.0. The van der Waals surface area contributed by atoms with E-state index in [1.54, 1.807) is 36.4 Å². The van der Waals surface area contributed by atoms with E-state index in [-0.39, 0.29) is 53.0 Å². The van der Waals surface area contributed by atoms with Crippen LogP contribution in [0, 0.1) is 0 Å². The Morgan fingerprint density at radius 2 is 0.520 bits per heavy atom. The lowest BCUT2D eigenvalue weighted by molar-refractivity contribution is -0.147. The second-order valence-electron chi connectivity index (χ2n) is 20.0. The van der Waals surface area contributed by atoms with Gasteiger partial charge in [0.25, 0.3) is 11.8 Å². The van der Waals surface area contributed by atoms with Gasteiger partial charge in [-0.15, -0.1) is 0 Å². The number of nitrogens with zero attached hydrogens (tertiary/aromatic N) is 6.